The molecule has 6 nitrogen and oxygen atoms in total. The van der Waals surface area contributed by atoms with E-state index in [9.17, 15) is 2.74 Å². The normalized spacial score (nSPS) is 14.4. The summed E-state index contributed by atoms with van der Waals surface area (Å²) in [6, 6.07) is 55.3. The molecule has 3 aromatic heterocycles. The minimum atomic E-state index is -2.62. The van der Waals surface area contributed by atoms with Crippen LogP contribution in [0, 0.1) is 10.7 Å². The molecule has 1 aliphatic rings. The molecule has 12 rings (SSSR count). The van der Waals surface area contributed by atoms with Crippen LogP contribution in [0.25, 0.3) is 66.5 Å². The fourth-order valence-electron chi connectivity index (χ4n) is 9.70. The maximum atomic E-state index is 9.26. The van der Waals surface area contributed by atoms with Gasteiger partial charge >= 0.3 is 332 Å². The van der Waals surface area contributed by atoms with E-state index in [1.807, 2.05) is 102 Å². The summed E-state index contributed by atoms with van der Waals surface area (Å²) in [4.78, 5) is 7.47. The molecule has 0 radical (unpaired) electrons. The summed E-state index contributed by atoms with van der Waals surface area (Å²) in [5.74, 6) is 1.64. The first-order chi connectivity index (χ1) is 36.0. The van der Waals surface area contributed by atoms with Crippen molar-refractivity contribution in [3.63, 3.8) is 0 Å². The molecule has 0 aliphatic carbocycles. The van der Waals surface area contributed by atoms with Crippen LogP contribution in [0.3, 0.4) is 0 Å². The number of aromatic nitrogens is 4. The summed E-state index contributed by atoms with van der Waals surface area (Å²) in [6.07, 6.45) is 0. The molecule has 0 fully saturated rings. The molecule has 4 heterocycles. The van der Waals surface area contributed by atoms with Crippen LogP contribution in [0.5, 0.6) is 11.6 Å². The van der Waals surface area contributed by atoms with Gasteiger partial charge in [0.1, 0.15) is 0 Å². The van der Waals surface area contributed by atoms with E-state index in [1.54, 1.807) is 6.07 Å². The van der Waals surface area contributed by atoms with Crippen LogP contribution >= 0.6 is 0 Å². The van der Waals surface area contributed by atoms with Crippen LogP contribution in [0.2, 0.25) is 0 Å². The number of nitrogens with zero attached hydrogens (tertiary/aromatic N) is 5. The van der Waals surface area contributed by atoms with Gasteiger partial charge in [0.05, 0.1) is 0 Å². The SMILES string of the molecule is [2H]c1c([2H])c([2H])c(-c2cc(C([2H])([2H])[2H])cc(-c3cccc(C(C)(C)C)c3)c2-n2[c](=[Pt])n(-c3cccc(Oc4cccc(N5B(c6ccccc6)n6c7ccccc7c7cccc5c76)n4)c3)c3ccccc32)c([2H])c1[2H]. The molecule has 0 atom stereocenters. The van der Waals surface area contributed by atoms with Crippen molar-refractivity contribution in [3.8, 4) is 45.3 Å². The van der Waals surface area contributed by atoms with Gasteiger partial charge in [0, 0.05) is 16.3 Å². The van der Waals surface area contributed by atoms with Gasteiger partial charge in [-0.15, -0.1) is 0 Å². The zero-order valence-electron chi connectivity index (χ0n) is 44.8. The van der Waals surface area contributed by atoms with Crippen molar-refractivity contribution in [1.82, 2.24) is 18.6 Å². The van der Waals surface area contributed by atoms with Crippen molar-refractivity contribution in [3.05, 3.63) is 221 Å². The van der Waals surface area contributed by atoms with Gasteiger partial charge in [0.15, 0.2) is 0 Å². The van der Waals surface area contributed by atoms with Crippen LogP contribution in [0.15, 0.2) is 206 Å². The second-order valence-electron chi connectivity index (χ2n) is 17.8. The second-order valence-corrected chi connectivity index (χ2v) is 18.8. The number of ether oxygens (including phenoxy) is 1. The Kier molecular flexibility index (Phi) is 7.97. The van der Waals surface area contributed by atoms with Gasteiger partial charge < -0.3 is 0 Å². The first-order valence-electron chi connectivity index (χ1n) is 26.2. The summed E-state index contributed by atoms with van der Waals surface area (Å²) in [6.45, 7) is 3.48. The van der Waals surface area contributed by atoms with Crippen molar-refractivity contribution in [2.75, 3.05) is 4.81 Å². The third-order valence-electron chi connectivity index (χ3n) is 12.7. The Labute approximate surface area is 412 Å². The first kappa shape index (κ1) is 33.1. The molecular formula is C59H46BN5OPt. The molecule has 11 aromatic rings. The predicted molar refractivity (Wildman–Crippen MR) is 273 cm³/mol. The first-order valence-corrected chi connectivity index (χ1v) is 23.3. The van der Waals surface area contributed by atoms with E-state index < -0.39 is 37.1 Å². The van der Waals surface area contributed by atoms with Crippen molar-refractivity contribution in [2.24, 2.45) is 0 Å². The monoisotopic (exact) mass is 1050 g/mol. The van der Waals surface area contributed by atoms with E-state index in [1.165, 1.54) is 16.8 Å². The molecule has 0 saturated carbocycles. The number of rotatable bonds is 8. The van der Waals surface area contributed by atoms with Gasteiger partial charge in [-0.25, -0.2) is 0 Å². The second kappa shape index (κ2) is 16.1. The Hall–Kier alpha value is -7.47. The zero-order chi connectivity index (χ0) is 52.2. The summed E-state index contributed by atoms with van der Waals surface area (Å²) in [5.41, 5.74) is 9.10. The molecule has 0 saturated heterocycles. The molecule has 8 aromatic carbocycles. The topological polar surface area (TPSA) is 40.1 Å². The number of hydrogen-bond donors (Lipinski definition) is 0. The molecular weight excluding hydrogens is 1000 g/mol. The average molecular weight is 1050 g/mol. The van der Waals surface area contributed by atoms with Gasteiger partial charge in [-0.2, -0.15) is 0 Å². The van der Waals surface area contributed by atoms with Crippen molar-refractivity contribution in [2.45, 2.75) is 33.0 Å². The Bertz CT molecular complexity index is 4170. The van der Waals surface area contributed by atoms with Crippen LogP contribution in [0.4, 0.5) is 11.5 Å². The standard InChI is InChI=1S/C59H46BN5O.Pt/c1-40-35-49(41-19-7-5-8-20-41)57(50(36-40)42-21-15-22-43(37-42)59(2,3)4)63-39-62(52-30-13-14-31-53(52)63)45-25-16-26-46(38-45)66-56-34-18-33-55(61-56)64-54-32-17-28-48-47-27-11-12-29-51(47)65(58(48)54)60(64)44-23-9-6-10-24-44;/h5-38H,1-4H3;/i1D3,5D,7D,8D,19D,20D;. The van der Waals surface area contributed by atoms with Crippen LogP contribution in [-0.2, 0) is 24.8 Å². The Morgan fingerprint density at radius 2 is 1.31 bits per heavy atom. The van der Waals surface area contributed by atoms with Gasteiger partial charge in [-0.1, -0.05) is 60.7 Å². The molecule has 0 spiro atoms. The van der Waals surface area contributed by atoms with Crippen molar-refractivity contribution < 1.29 is 35.1 Å². The maximum absolute atomic E-state index is 9.26. The molecule has 0 amide bonds. The van der Waals surface area contributed by atoms with E-state index in [4.69, 9.17) is 17.9 Å². The Morgan fingerprint density at radius 3 is 2.10 bits per heavy atom. The van der Waals surface area contributed by atoms with Gasteiger partial charge in [-0.05, 0) is 6.07 Å². The zero-order valence-corrected chi connectivity index (χ0v) is 39.1. The molecule has 8 heteroatoms. The number of para-hydroxylation sites is 4. The predicted octanol–water partition coefficient (Wildman–Crippen LogP) is 14.1. The molecule has 0 unspecified atom stereocenters. The van der Waals surface area contributed by atoms with E-state index in [0.29, 0.717) is 38.1 Å². The number of imidazole rings is 1. The minimum absolute atomic E-state index is 0.0357. The summed E-state index contributed by atoms with van der Waals surface area (Å²) >= 11 is 2.26. The molecule has 326 valence electrons. The number of pyridine rings is 1. The molecule has 67 heavy (non-hydrogen) atoms. The summed E-state index contributed by atoms with van der Waals surface area (Å²) in [7, 11) is 0. The number of anilines is 2. The summed E-state index contributed by atoms with van der Waals surface area (Å²) < 4.78 is 84.5. The van der Waals surface area contributed by atoms with Crippen molar-refractivity contribution in [1.29, 1.82) is 0 Å². The Balaban J connectivity index is 1.02. The number of benzene rings is 8. The fraction of sp³-hybridized carbons (Fsp3) is 0.0847. The Morgan fingerprint density at radius 1 is 0.627 bits per heavy atom. The van der Waals surface area contributed by atoms with Gasteiger partial charge in [-0.3, -0.25) is 0 Å². The average Bonchev–Trinajstić information content (AvgIpc) is 4.13. The van der Waals surface area contributed by atoms with E-state index >= 15 is 0 Å². The van der Waals surface area contributed by atoms with Crippen LogP contribution < -0.4 is 15.0 Å². The number of aryl methyl sites for hydroxylation is 1. The number of hydrogen-bond acceptors (Lipinski definition) is 3. The molecule has 0 N–H and O–H groups in total. The van der Waals surface area contributed by atoms with E-state index in [0.717, 1.165) is 44.5 Å². The quantitative estimate of drug-likeness (QED) is 0.142. The van der Waals surface area contributed by atoms with Crippen LogP contribution in [-0.4, -0.2) is 25.6 Å². The van der Waals surface area contributed by atoms with Gasteiger partial charge in [0.2, 0.25) is 0 Å². The van der Waals surface area contributed by atoms with Gasteiger partial charge in [0.25, 0.3) is 0 Å². The van der Waals surface area contributed by atoms with E-state index in [-0.39, 0.29) is 29.1 Å². The third-order valence-corrected chi connectivity index (χ3v) is 13.7. The fourth-order valence-corrected chi connectivity index (χ4v) is 10.8. The third kappa shape index (κ3) is 6.91. The van der Waals surface area contributed by atoms with Crippen LogP contribution in [0.1, 0.15) is 42.9 Å². The summed E-state index contributed by atoms with van der Waals surface area (Å²) in [5, 5.41) is 2.37. The van der Waals surface area contributed by atoms with Crippen molar-refractivity contribution >= 4 is 56.8 Å². The molecule has 1 aliphatic heterocycles. The molecule has 0 bridgehead atoms. The van der Waals surface area contributed by atoms with E-state index in [2.05, 4.69) is 121 Å². The number of fused-ring (bicyclic) bond motifs is 4.